The summed E-state index contributed by atoms with van der Waals surface area (Å²) >= 11 is 0. The maximum Gasteiger partial charge on any atom is 0.315 e. The second-order valence-electron chi connectivity index (χ2n) is 5.70. The average molecular weight is 284 g/mol. The first-order chi connectivity index (χ1) is 9.54. The Balaban J connectivity index is 2.36. The minimum Gasteiger partial charge on any atom is -0.407 e. The van der Waals surface area contributed by atoms with Crippen LogP contribution in [0.3, 0.4) is 0 Å². The van der Waals surface area contributed by atoms with Crippen molar-refractivity contribution in [2.24, 2.45) is 17.8 Å². The number of rotatable bonds is 10. The van der Waals surface area contributed by atoms with Crippen molar-refractivity contribution in [3.8, 4) is 0 Å². The molecule has 0 saturated heterocycles. The normalized spacial score (nSPS) is 11.8. The minimum absolute atomic E-state index is 0.500. The number of anilines is 1. The number of nitrogens with one attached hydrogen (secondary N) is 2. The van der Waals surface area contributed by atoms with E-state index < -0.39 is 0 Å². The monoisotopic (exact) mass is 284 g/mol. The summed E-state index contributed by atoms with van der Waals surface area (Å²) in [6.07, 6.45) is 0. The van der Waals surface area contributed by atoms with Gasteiger partial charge < -0.3 is 19.8 Å². The van der Waals surface area contributed by atoms with Crippen LogP contribution >= 0.6 is 0 Å². The van der Waals surface area contributed by atoms with Crippen molar-refractivity contribution < 1.29 is 9.15 Å². The van der Waals surface area contributed by atoms with Gasteiger partial charge in [-0.1, -0.05) is 32.8 Å². The summed E-state index contributed by atoms with van der Waals surface area (Å²) in [6, 6.07) is 0.500. The topological polar surface area (TPSA) is 72.2 Å². The van der Waals surface area contributed by atoms with Gasteiger partial charge in [0.25, 0.3) is 0 Å². The van der Waals surface area contributed by atoms with E-state index in [4.69, 9.17) is 9.15 Å². The van der Waals surface area contributed by atoms with Crippen LogP contribution in [0, 0.1) is 17.8 Å². The SMILES string of the molecule is COCCNCc1nnc(NCC(C(C)C)C(C)C)o1. The van der Waals surface area contributed by atoms with Crippen molar-refractivity contribution in [2.75, 3.05) is 32.1 Å². The Morgan fingerprint density at radius 1 is 1.15 bits per heavy atom. The van der Waals surface area contributed by atoms with Crippen LogP contribution in [-0.2, 0) is 11.3 Å². The Hall–Kier alpha value is -1.14. The van der Waals surface area contributed by atoms with E-state index in [-0.39, 0.29) is 0 Å². The van der Waals surface area contributed by atoms with E-state index in [0.717, 1.165) is 13.1 Å². The van der Waals surface area contributed by atoms with Crippen LogP contribution in [0.5, 0.6) is 0 Å². The Labute approximate surface area is 121 Å². The smallest absolute Gasteiger partial charge is 0.315 e. The predicted octanol–water partition coefficient (Wildman–Crippen LogP) is 2.15. The summed E-state index contributed by atoms with van der Waals surface area (Å²) in [4.78, 5) is 0. The zero-order valence-electron chi connectivity index (χ0n) is 13.3. The highest BCUT2D eigenvalue weighted by atomic mass is 16.5. The zero-order valence-corrected chi connectivity index (χ0v) is 13.3. The fraction of sp³-hybridized carbons (Fsp3) is 0.857. The summed E-state index contributed by atoms with van der Waals surface area (Å²) in [5, 5.41) is 14.4. The van der Waals surface area contributed by atoms with E-state index in [1.165, 1.54) is 0 Å². The molecule has 1 heterocycles. The van der Waals surface area contributed by atoms with Gasteiger partial charge in [-0.15, -0.1) is 5.10 Å². The maximum atomic E-state index is 5.54. The van der Waals surface area contributed by atoms with Crippen LogP contribution in [0.4, 0.5) is 6.01 Å². The molecule has 0 radical (unpaired) electrons. The largest absolute Gasteiger partial charge is 0.407 e. The van der Waals surface area contributed by atoms with Crippen molar-refractivity contribution in [2.45, 2.75) is 34.2 Å². The highest BCUT2D eigenvalue weighted by molar-refractivity contribution is 5.17. The molecule has 6 heteroatoms. The van der Waals surface area contributed by atoms with Crippen LogP contribution in [0.15, 0.2) is 4.42 Å². The van der Waals surface area contributed by atoms with Crippen LogP contribution < -0.4 is 10.6 Å². The van der Waals surface area contributed by atoms with Gasteiger partial charge in [-0.05, 0) is 17.8 Å². The van der Waals surface area contributed by atoms with Crippen molar-refractivity contribution in [3.63, 3.8) is 0 Å². The molecule has 1 rings (SSSR count). The molecule has 0 saturated carbocycles. The minimum atomic E-state index is 0.500. The van der Waals surface area contributed by atoms with E-state index >= 15 is 0 Å². The van der Waals surface area contributed by atoms with E-state index in [1.807, 2.05) is 0 Å². The van der Waals surface area contributed by atoms with Crippen molar-refractivity contribution in [1.82, 2.24) is 15.5 Å². The van der Waals surface area contributed by atoms with Gasteiger partial charge in [-0.2, -0.15) is 0 Å². The number of hydrogen-bond acceptors (Lipinski definition) is 6. The molecule has 0 aliphatic heterocycles. The first kappa shape index (κ1) is 16.9. The molecule has 0 aliphatic rings. The molecule has 0 amide bonds. The number of nitrogens with zero attached hydrogens (tertiary/aromatic N) is 2. The average Bonchev–Trinajstić information content (AvgIpc) is 2.82. The molecule has 1 aromatic heterocycles. The van der Waals surface area contributed by atoms with Gasteiger partial charge in [-0.3, -0.25) is 0 Å². The van der Waals surface area contributed by atoms with E-state index in [2.05, 4.69) is 48.5 Å². The second kappa shape index (κ2) is 8.92. The zero-order chi connectivity index (χ0) is 15.0. The predicted molar refractivity (Wildman–Crippen MR) is 79.5 cm³/mol. The molecule has 0 aromatic carbocycles. The summed E-state index contributed by atoms with van der Waals surface area (Å²) in [5.74, 6) is 2.43. The lowest BCUT2D eigenvalue weighted by atomic mass is 9.85. The molecule has 6 nitrogen and oxygen atoms in total. The lowest BCUT2D eigenvalue weighted by molar-refractivity contribution is 0.198. The standard InChI is InChI=1S/C14H28N4O2/c1-10(2)12(11(3)4)8-16-14-18-17-13(20-14)9-15-6-7-19-5/h10-12,15H,6-9H2,1-5H3,(H,16,18). The van der Waals surface area contributed by atoms with Crippen molar-refractivity contribution in [1.29, 1.82) is 0 Å². The first-order valence-corrected chi connectivity index (χ1v) is 7.30. The van der Waals surface area contributed by atoms with E-state index in [1.54, 1.807) is 7.11 Å². The van der Waals surface area contributed by atoms with Crippen molar-refractivity contribution >= 4 is 6.01 Å². The maximum absolute atomic E-state index is 5.54. The number of methoxy groups -OCH3 is 1. The Morgan fingerprint density at radius 2 is 1.85 bits per heavy atom. The third-order valence-electron chi connectivity index (χ3n) is 3.43. The number of hydrogen-bond donors (Lipinski definition) is 2. The van der Waals surface area contributed by atoms with Gasteiger partial charge in [0, 0.05) is 20.2 Å². The molecule has 0 bridgehead atoms. The van der Waals surface area contributed by atoms with E-state index in [9.17, 15) is 0 Å². The third-order valence-corrected chi connectivity index (χ3v) is 3.43. The van der Waals surface area contributed by atoms with Gasteiger partial charge >= 0.3 is 6.01 Å². The Bertz CT molecular complexity index is 358. The summed E-state index contributed by atoms with van der Waals surface area (Å²) in [5.41, 5.74) is 0. The highest BCUT2D eigenvalue weighted by Crippen LogP contribution is 2.20. The molecular weight excluding hydrogens is 256 g/mol. The molecule has 2 N–H and O–H groups in total. The fourth-order valence-corrected chi connectivity index (χ4v) is 2.21. The molecule has 1 aromatic rings. The molecule has 0 aliphatic carbocycles. The second-order valence-corrected chi connectivity index (χ2v) is 5.70. The van der Waals surface area contributed by atoms with Crippen molar-refractivity contribution in [3.05, 3.63) is 5.89 Å². The molecule has 0 fully saturated rings. The quantitative estimate of drug-likeness (QED) is 0.641. The Kier molecular flexibility index (Phi) is 7.54. The first-order valence-electron chi connectivity index (χ1n) is 7.30. The molecule has 116 valence electrons. The van der Waals surface area contributed by atoms with Gasteiger partial charge in [-0.25, -0.2) is 0 Å². The molecule has 0 unspecified atom stereocenters. The van der Waals surface area contributed by atoms with E-state index in [0.29, 0.717) is 42.8 Å². The van der Waals surface area contributed by atoms with Gasteiger partial charge in [0.1, 0.15) is 0 Å². The van der Waals surface area contributed by atoms with Crippen LogP contribution in [0.25, 0.3) is 0 Å². The lowest BCUT2D eigenvalue weighted by Crippen LogP contribution is -2.24. The van der Waals surface area contributed by atoms with Crippen LogP contribution in [0.1, 0.15) is 33.6 Å². The van der Waals surface area contributed by atoms with Crippen LogP contribution in [-0.4, -0.2) is 37.0 Å². The molecule has 0 atom stereocenters. The summed E-state index contributed by atoms with van der Waals surface area (Å²) < 4.78 is 10.5. The molecular formula is C14H28N4O2. The number of ether oxygens (including phenoxy) is 1. The highest BCUT2D eigenvalue weighted by Gasteiger charge is 2.18. The van der Waals surface area contributed by atoms with Gasteiger partial charge in [0.15, 0.2) is 0 Å². The van der Waals surface area contributed by atoms with Gasteiger partial charge in [0.05, 0.1) is 13.2 Å². The van der Waals surface area contributed by atoms with Crippen LogP contribution in [0.2, 0.25) is 0 Å². The third kappa shape index (κ3) is 5.88. The van der Waals surface area contributed by atoms with Gasteiger partial charge in [0.2, 0.25) is 5.89 Å². The summed E-state index contributed by atoms with van der Waals surface area (Å²) in [6.45, 7) is 11.8. The Morgan fingerprint density at radius 3 is 2.45 bits per heavy atom. The molecule has 0 spiro atoms. The lowest BCUT2D eigenvalue weighted by Gasteiger charge is -2.24. The number of aromatic nitrogens is 2. The fourth-order valence-electron chi connectivity index (χ4n) is 2.21. The summed E-state index contributed by atoms with van der Waals surface area (Å²) in [7, 11) is 1.68. The molecule has 20 heavy (non-hydrogen) atoms.